The molecule has 84 valence electrons. The highest BCUT2D eigenvalue weighted by Gasteiger charge is 2.44. The summed E-state index contributed by atoms with van der Waals surface area (Å²) in [4.78, 5) is 12.3. The number of alkyl halides is 1. The standard InChI is InChI=1S/C13H19IO/c1-10-11(14)6-5-9-13(10)8-4-2-3-7-12(13)15/h11H,1-9H2. The van der Waals surface area contributed by atoms with Crippen LogP contribution in [0.5, 0.6) is 0 Å². The molecule has 2 unspecified atom stereocenters. The summed E-state index contributed by atoms with van der Waals surface area (Å²) < 4.78 is 0.526. The van der Waals surface area contributed by atoms with Gasteiger partial charge in [0.1, 0.15) is 5.78 Å². The van der Waals surface area contributed by atoms with Crippen molar-refractivity contribution in [3.8, 4) is 0 Å². The zero-order valence-corrected chi connectivity index (χ0v) is 11.4. The van der Waals surface area contributed by atoms with E-state index in [9.17, 15) is 4.79 Å². The molecule has 2 aliphatic rings. The molecule has 2 saturated carbocycles. The molecule has 2 rings (SSSR count). The van der Waals surface area contributed by atoms with Gasteiger partial charge in [0, 0.05) is 10.3 Å². The van der Waals surface area contributed by atoms with Crippen molar-refractivity contribution in [3.05, 3.63) is 12.2 Å². The Morgan fingerprint density at radius 1 is 1.20 bits per heavy atom. The van der Waals surface area contributed by atoms with Gasteiger partial charge < -0.3 is 0 Å². The van der Waals surface area contributed by atoms with Crippen molar-refractivity contribution >= 4 is 28.4 Å². The van der Waals surface area contributed by atoms with Gasteiger partial charge in [0.15, 0.2) is 0 Å². The van der Waals surface area contributed by atoms with Crippen LogP contribution in [0.4, 0.5) is 0 Å². The fraction of sp³-hybridized carbons (Fsp3) is 0.769. The summed E-state index contributed by atoms with van der Waals surface area (Å²) in [6, 6.07) is 0. The van der Waals surface area contributed by atoms with E-state index >= 15 is 0 Å². The van der Waals surface area contributed by atoms with Crippen LogP contribution in [0.15, 0.2) is 12.2 Å². The number of hydrogen-bond donors (Lipinski definition) is 0. The smallest absolute Gasteiger partial charge is 0.143 e. The van der Waals surface area contributed by atoms with Gasteiger partial charge in [-0.2, -0.15) is 0 Å². The van der Waals surface area contributed by atoms with Crippen molar-refractivity contribution in [1.29, 1.82) is 0 Å². The molecule has 1 nitrogen and oxygen atoms in total. The van der Waals surface area contributed by atoms with Crippen molar-refractivity contribution in [2.75, 3.05) is 0 Å². The highest BCUT2D eigenvalue weighted by molar-refractivity contribution is 14.1. The SMILES string of the molecule is C=C1C(I)CCCC12CCCCCC2=O. The number of hydrogen-bond acceptors (Lipinski definition) is 1. The Bertz CT molecular complexity index is 284. The van der Waals surface area contributed by atoms with Crippen LogP contribution >= 0.6 is 22.6 Å². The second-order valence-electron chi connectivity index (χ2n) is 4.95. The third-order valence-electron chi connectivity index (χ3n) is 4.10. The molecule has 2 aliphatic carbocycles. The molecular formula is C13H19IO. The molecule has 2 atom stereocenters. The maximum Gasteiger partial charge on any atom is 0.143 e. The summed E-state index contributed by atoms with van der Waals surface area (Å²) in [5.41, 5.74) is 1.13. The van der Waals surface area contributed by atoms with Gasteiger partial charge in [-0.05, 0) is 25.7 Å². The quantitative estimate of drug-likeness (QED) is 0.374. The lowest BCUT2D eigenvalue weighted by Crippen LogP contribution is -2.38. The van der Waals surface area contributed by atoms with Crippen molar-refractivity contribution in [2.24, 2.45) is 5.41 Å². The second kappa shape index (κ2) is 4.56. The maximum absolute atomic E-state index is 12.3. The van der Waals surface area contributed by atoms with Crippen LogP contribution in [-0.4, -0.2) is 9.71 Å². The molecule has 0 aliphatic heterocycles. The van der Waals surface area contributed by atoms with Gasteiger partial charge in [0.25, 0.3) is 0 Å². The maximum atomic E-state index is 12.3. The number of Topliss-reactive ketones (excluding diaryl/α,β-unsaturated/α-hetero) is 1. The zero-order valence-electron chi connectivity index (χ0n) is 9.23. The van der Waals surface area contributed by atoms with E-state index in [4.69, 9.17) is 0 Å². The van der Waals surface area contributed by atoms with Crippen LogP contribution in [0.2, 0.25) is 0 Å². The highest BCUT2D eigenvalue weighted by Crippen LogP contribution is 2.49. The molecule has 0 bridgehead atoms. The molecule has 0 aromatic heterocycles. The first kappa shape index (κ1) is 11.6. The van der Waals surface area contributed by atoms with E-state index in [0.717, 1.165) is 25.7 Å². The molecule has 0 saturated heterocycles. The van der Waals surface area contributed by atoms with Crippen molar-refractivity contribution in [3.63, 3.8) is 0 Å². The minimum Gasteiger partial charge on any atom is -0.299 e. The Balaban J connectivity index is 2.27. The lowest BCUT2D eigenvalue weighted by atomic mass is 9.66. The van der Waals surface area contributed by atoms with E-state index < -0.39 is 0 Å². The number of ketones is 1. The Kier molecular flexibility index (Phi) is 3.53. The third-order valence-corrected chi connectivity index (χ3v) is 5.47. The van der Waals surface area contributed by atoms with Gasteiger partial charge >= 0.3 is 0 Å². The van der Waals surface area contributed by atoms with E-state index in [1.165, 1.54) is 31.3 Å². The first-order chi connectivity index (χ1) is 7.17. The summed E-state index contributed by atoms with van der Waals surface area (Å²) in [6.45, 7) is 4.24. The molecular weight excluding hydrogens is 299 g/mol. The molecule has 1 spiro atoms. The van der Waals surface area contributed by atoms with Crippen molar-refractivity contribution in [1.82, 2.24) is 0 Å². The molecule has 0 radical (unpaired) electrons. The number of allylic oxidation sites excluding steroid dienone is 1. The molecule has 0 heterocycles. The van der Waals surface area contributed by atoms with Gasteiger partial charge in [-0.25, -0.2) is 0 Å². The van der Waals surface area contributed by atoms with Gasteiger partial charge in [-0.3, -0.25) is 4.79 Å². The summed E-state index contributed by atoms with van der Waals surface area (Å²) in [5.74, 6) is 0.492. The van der Waals surface area contributed by atoms with Crippen LogP contribution in [0, 0.1) is 5.41 Å². The summed E-state index contributed by atoms with van der Waals surface area (Å²) in [6.07, 6.45) is 8.91. The van der Waals surface area contributed by atoms with E-state index in [0.29, 0.717) is 9.71 Å². The fourth-order valence-corrected chi connectivity index (χ4v) is 4.13. The van der Waals surface area contributed by atoms with Crippen LogP contribution in [0.3, 0.4) is 0 Å². The van der Waals surface area contributed by atoms with Crippen LogP contribution in [0.25, 0.3) is 0 Å². The minimum absolute atomic E-state index is 0.111. The zero-order chi connectivity index (χ0) is 10.9. The Labute approximate surface area is 106 Å². The second-order valence-corrected chi connectivity index (χ2v) is 6.45. The normalized spacial score (nSPS) is 38.1. The molecule has 0 aromatic rings. The van der Waals surface area contributed by atoms with Gasteiger partial charge in [-0.1, -0.05) is 54.0 Å². The molecule has 15 heavy (non-hydrogen) atoms. The lowest BCUT2D eigenvalue weighted by Gasteiger charge is -2.40. The van der Waals surface area contributed by atoms with Crippen molar-refractivity contribution < 1.29 is 4.79 Å². The van der Waals surface area contributed by atoms with E-state index in [-0.39, 0.29) is 5.41 Å². The van der Waals surface area contributed by atoms with Crippen molar-refractivity contribution in [2.45, 2.75) is 55.3 Å². The number of carbonyl (C=O) groups excluding carboxylic acids is 1. The largest absolute Gasteiger partial charge is 0.299 e. The first-order valence-electron chi connectivity index (χ1n) is 6.03. The lowest BCUT2D eigenvalue weighted by molar-refractivity contribution is -0.127. The average molecular weight is 318 g/mol. The van der Waals surface area contributed by atoms with E-state index in [1.54, 1.807) is 0 Å². The highest BCUT2D eigenvalue weighted by atomic mass is 127. The van der Waals surface area contributed by atoms with Gasteiger partial charge in [0.2, 0.25) is 0 Å². The summed E-state index contributed by atoms with van der Waals surface area (Å²) in [5, 5.41) is 0. The van der Waals surface area contributed by atoms with E-state index in [2.05, 4.69) is 29.2 Å². The average Bonchev–Trinajstić information content (AvgIpc) is 2.39. The van der Waals surface area contributed by atoms with Gasteiger partial charge in [-0.15, -0.1) is 0 Å². The third kappa shape index (κ3) is 2.02. The Morgan fingerprint density at radius 2 is 1.93 bits per heavy atom. The molecule has 2 heteroatoms. The number of carbonyl (C=O) groups is 1. The minimum atomic E-state index is -0.111. The molecule has 0 N–H and O–H groups in total. The van der Waals surface area contributed by atoms with Crippen LogP contribution in [0.1, 0.15) is 51.4 Å². The fourth-order valence-electron chi connectivity index (χ4n) is 3.09. The summed E-state index contributed by atoms with van der Waals surface area (Å²) >= 11 is 2.47. The Morgan fingerprint density at radius 3 is 2.73 bits per heavy atom. The van der Waals surface area contributed by atoms with Gasteiger partial charge in [0.05, 0.1) is 5.41 Å². The molecule has 2 fully saturated rings. The van der Waals surface area contributed by atoms with Crippen LogP contribution in [-0.2, 0) is 4.79 Å². The monoisotopic (exact) mass is 318 g/mol. The van der Waals surface area contributed by atoms with Crippen LogP contribution < -0.4 is 0 Å². The number of rotatable bonds is 0. The number of halogens is 1. The predicted molar refractivity (Wildman–Crippen MR) is 71.3 cm³/mol. The molecule has 0 amide bonds. The topological polar surface area (TPSA) is 17.1 Å². The predicted octanol–water partition coefficient (Wildman–Crippen LogP) is 4.05. The Hall–Kier alpha value is 0.140. The summed E-state index contributed by atoms with van der Waals surface area (Å²) in [7, 11) is 0. The molecule has 0 aromatic carbocycles. The first-order valence-corrected chi connectivity index (χ1v) is 7.28. The van der Waals surface area contributed by atoms with E-state index in [1.807, 2.05) is 0 Å².